The molecule has 0 aromatic carbocycles. The molecule has 6 nitrogen and oxygen atoms in total. The van der Waals surface area contributed by atoms with Gasteiger partial charge in [-0.2, -0.15) is 0 Å². The molecule has 0 aromatic heterocycles. The Hall–Kier alpha value is -0.240. The first-order chi connectivity index (χ1) is 12.5. The molecule has 0 heterocycles. The zero-order valence-electron chi connectivity index (χ0n) is 23.2. The van der Waals surface area contributed by atoms with E-state index in [1.54, 1.807) is 0 Å². The van der Waals surface area contributed by atoms with Crippen LogP contribution >= 0.6 is 0 Å². The van der Waals surface area contributed by atoms with Gasteiger partial charge in [-0.05, 0) is 53.4 Å². The highest BCUT2D eigenvalue weighted by atomic mass is 16.0. The molecule has 0 bridgehead atoms. The average Bonchev–Trinajstić information content (AvgIpc) is 2.58. The summed E-state index contributed by atoms with van der Waals surface area (Å²) in [6, 6.07) is 0. The molecule has 0 spiro atoms. The third-order valence-electron chi connectivity index (χ3n) is 5.48. The summed E-state index contributed by atoms with van der Waals surface area (Å²) in [4.78, 5) is 0. The topological polar surface area (TPSA) is 90.0 Å². The molecule has 0 aliphatic heterocycles. The van der Waals surface area contributed by atoms with E-state index < -0.39 is 0 Å². The van der Waals surface area contributed by atoms with Crippen LogP contribution in [0.25, 0.3) is 0 Å². The van der Waals surface area contributed by atoms with Crippen LogP contribution in [-0.2, 0) is 0 Å². The van der Waals surface area contributed by atoms with Crippen molar-refractivity contribution in [2.75, 3.05) is 80.5 Å². The normalized spacial score (nSPS) is 10.8. The Morgan fingerprint density at radius 3 is 0.600 bits per heavy atom. The molecule has 0 fully saturated rings. The van der Waals surface area contributed by atoms with E-state index in [2.05, 4.69) is 83.6 Å². The molecule has 192 valence electrons. The Morgan fingerprint density at radius 2 is 0.533 bits per heavy atom. The van der Waals surface area contributed by atoms with Crippen LogP contribution in [0.2, 0.25) is 0 Å². The third-order valence-corrected chi connectivity index (χ3v) is 5.48. The molecule has 30 heavy (non-hydrogen) atoms. The van der Waals surface area contributed by atoms with Crippen molar-refractivity contribution in [2.24, 2.45) is 0 Å². The molecule has 0 aliphatic rings. The van der Waals surface area contributed by atoms with Crippen LogP contribution in [0.5, 0.6) is 0 Å². The lowest BCUT2D eigenvalue weighted by Crippen LogP contribution is -2.50. The van der Waals surface area contributed by atoms with Gasteiger partial charge in [-0.3, -0.25) is 0 Å². The second kappa shape index (κ2) is 25.0. The van der Waals surface area contributed by atoms with Crippen molar-refractivity contribution in [3.05, 3.63) is 0 Å². The molecule has 0 rings (SSSR count). The molecule has 0 radical (unpaired) electrons. The van der Waals surface area contributed by atoms with Crippen LogP contribution < -0.4 is 0 Å². The molecular formula is C24H63N3O3. The van der Waals surface area contributed by atoms with Crippen LogP contribution in [0.3, 0.4) is 0 Å². The maximum atomic E-state index is 2.31. The number of quaternary nitrogens is 3. The molecule has 0 aliphatic carbocycles. The molecule has 0 aromatic rings. The van der Waals surface area contributed by atoms with Crippen LogP contribution in [0.15, 0.2) is 0 Å². The van der Waals surface area contributed by atoms with Crippen LogP contribution in [0, 0.1) is 0 Å². The second-order valence-electron chi connectivity index (χ2n) is 9.53. The Balaban J connectivity index is -0.0000000748. The fourth-order valence-electron chi connectivity index (χ4n) is 3.91. The highest BCUT2D eigenvalue weighted by Gasteiger charge is 2.22. The SMILES string of the molecule is CCC[N+](CCC)(CCC)CCC.CC[N+](CC)(CC)CC.C[N+](C)(C)C.[OH-].[OH-].[OH-]. The quantitative estimate of drug-likeness (QED) is 0.394. The van der Waals surface area contributed by atoms with E-state index in [0.29, 0.717) is 0 Å². The summed E-state index contributed by atoms with van der Waals surface area (Å²) in [6.07, 6.45) is 5.33. The van der Waals surface area contributed by atoms with Crippen LogP contribution in [-0.4, -0.2) is 110 Å². The van der Waals surface area contributed by atoms with E-state index in [0.717, 1.165) is 4.48 Å². The van der Waals surface area contributed by atoms with Crippen LogP contribution in [0.1, 0.15) is 81.1 Å². The molecule has 0 saturated carbocycles. The average molecular weight is 442 g/mol. The molecule has 6 heteroatoms. The minimum atomic E-state index is 0. The molecule has 0 saturated heterocycles. The zero-order chi connectivity index (χ0) is 22.0. The molecule has 0 unspecified atom stereocenters. The van der Waals surface area contributed by atoms with E-state index >= 15 is 0 Å². The van der Waals surface area contributed by atoms with Gasteiger partial charge < -0.3 is 29.9 Å². The van der Waals surface area contributed by atoms with Gasteiger partial charge >= 0.3 is 0 Å². The fourth-order valence-corrected chi connectivity index (χ4v) is 3.91. The molecular weight excluding hydrogens is 378 g/mol. The van der Waals surface area contributed by atoms with Crippen molar-refractivity contribution >= 4 is 0 Å². The number of hydrogen-bond acceptors (Lipinski definition) is 3. The summed E-state index contributed by atoms with van der Waals surface area (Å²) in [5.74, 6) is 0. The zero-order valence-corrected chi connectivity index (χ0v) is 23.2. The Morgan fingerprint density at radius 1 is 0.367 bits per heavy atom. The molecule has 0 atom stereocenters. The van der Waals surface area contributed by atoms with Gasteiger partial charge in [-0.1, -0.05) is 27.7 Å². The Kier molecular flexibility index (Phi) is 36.4. The van der Waals surface area contributed by atoms with Gasteiger partial charge in [0.25, 0.3) is 0 Å². The Bertz CT molecular complexity index is 252. The lowest BCUT2D eigenvalue weighted by molar-refractivity contribution is -0.928. The number of hydrogen-bond donors (Lipinski definition) is 0. The van der Waals surface area contributed by atoms with Crippen molar-refractivity contribution in [1.82, 2.24) is 0 Å². The van der Waals surface area contributed by atoms with Gasteiger partial charge in [0.1, 0.15) is 0 Å². The van der Waals surface area contributed by atoms with Crippen molar-refractivity contribution in [3.63, 3.8) is 0 Å². The van der Waals surface area contributed by atoms with Crippen LogP contribution in [0.4, 0.5) is 0 Å². The maximum absolute atomic E-state index is 2.31. The number of nitrogens with zero attached hydrogens (tertiary/aromatic N) is 3. The van der Waals surface area contributed by atoms with E-state index in [-0.39, 0.29) is 16.4 Å². The van der Waals surface area contributed by atoms with Crippen molar-refractivity contribution in [1.29, 1.82) is 0 Å². The smallest absolute Gasteiger partial charge is 0.0783 e. The minimum Gasteiger partial charge on any atom is -0.870 e. The van der Waals surface area contributed by atoms with Gasteiger partial charge in [-0.15, -0.1) is 0 Å². The lowest BCUT2D eigenvalue weighted by Gasteiger charge is -2.38. The van der Waals surface area contributed by atoms with Crippen molar-refractivity contribution < 1.29 is 29.9 Å². The van der Waals surface area contributed by atoms with E-state index in [4.69, 9.17) is 0 Å². The standard InChI is InChI=1S/C12H28N.C8H20N.C4H12N.3H2O/c1-5-9-13(10-6-2,11-7-3)12-8-4;1-5-9(6-2,7-3)8-4;1-5(2,3)4;;;/h5-12H2,1-4H3;5-8H2,1-4H3;1-4H3;3*1H2/q3*+1;;;/p-3. The van der Waals surface area contributed by atoms with E-state index in [1.807, 2.05) is 0 Å². The summed E-state index contributed by atoms with van der Waals surface area (Å²) >= 11 is 0. The largest absolute Gasteiger partial charge is 0.870 e. The first-order valence-electron chi connectivity index (χ1n) is 12.0. The van der Waals surface area contributed by atoms with Gasteiger partial charge in [0, 0.05) is 0 Å². The van der Waals surface area contributed by atoms with E-state index in [9.17, 15) is 0 Å². The summed E-state index contributed by atoms with van der Waals surface area (Å²) in [5, 5.41) is 0. The minimum absolute atomic E-state index is 0. The highest BCUT2D eigenvalue weighted by molar-refractivity contribution is 4.44. The number of rotatable bonds is 12. The van der Waals surface area contributed by atoms with Gasteiger partial charge in [-0.25, -0.2) is 0 Å². The third kappa shape index (κ3) is 25.8. The summed E-state index contributed by atoms with van der Waals surface area (Å²) in [5.41, 5.74) is 0. The predicted molar refractivity (Wildman–Crippen MR) is 133 cm³/mol. The Labute approximate surface area is 191 Å². The molecule has 0 amide bonds. The predicted octanol–water partition coefficient (Wildman–Crippen LogP) is 5.12. The first kappa shape index (κ1) is 43.6. The summed E-state index contributed by atoms with van der Waals surface area (Å²) in [7, 11) is 8.50. The van der Waals surface area contributed by atoms with E-state index in [1.165, 1.54) is 87.0 Å². The lowest BCUT2D eigenvalue weighted by atomic mass is 10.2. The van der Waals surface area contributed by atoms with Gasteiger partial charge in [0.05, 0.1) is 80.5 Å². The first-order valence-corrected chi connectivity index (χ1v) is 12.0. The van der Waals surface area contributed by atoms with Crippen molar-refractivity contribution in [3.8, 4) is 0 Å². The highest BCUT2D eigenvalue weighted by Crippen LogP contribution is 2.12. The van der Waals surface area contributed by atoms with Crippen molar-refractivity contribution in [2.45, 2.75) is 81.1 Å². The molecule has 3 N–H and O–H groups in total. The van der Waals surface area contributed by atoms with Gasteiger partial charge in [0.15, 0.2) is 0 Å². The van der Waals surface area contributed by atoms with Gasteiger partial charge in [0.2, 0.25) is 0 Å². The maximum Gasteiger partial charge on any atom is 0.0783 e. The monoisotopic (exact) mass is 441 g/mol. The summed E-state index contributed by atoms with van der Waals surface area (Å²) < 4.78 is 3.65. The summed E-state index contributed by atoms with van der Waals surface area (Å²) in [6.45, 7) is 29.0. The fraction of sp³-hybridized carbons (Fsp3) is 1.00. The second-order valence-corrected chi connectivity index (χ2v) is 9.53.